The second kappa shape index (κ2) is 10.2. The number of nitrogen functional groups attached to an aromatic ring is 1. The van der Waals surface area contributed by atoms with Crippen LogP contribution in [0.4, 0.5) is 9.52 Å². The van der Waals surface area contributed by atoms with Crippen LogP contribution in [-0.2, 0) is 28.9 Å². The first-order valence-corrected chi connectivity index (χ1v) is 10.8. The van der Waals surface area contributed by atoms with Crippen molar-refractivity contribution in [3.63, 3.8) is 0 Å². The Kier molecular flexibility index (Phi) is 8.08. The number of aromatic nitrogens is 1. The molecule has 1 fully saturated rings. The fourth-order valence-electron chi connectivity index (χ4n) is 2.77. The number of rotatable bonds is 12. The standard InChI is InChI=1S/C17H21FN4O7S2/c1-8(23)15(31-7-18)29-22-14(27)9(17(22,2)3)4-11(24)13(21-28-5-12(25)26)10-6-30-16(19)20-10/h6,9,15H,4-5,7H2,1-3H3,(H2,19,20)(H,25,26)/b21-13-/t9-,15?/m1/s1. The topological polar surface area (TPSA) is 161 Å². The normalized spacial score (nSPS) is 19.0. The molecular weight excluding hydrogens is 455 g/mol. The van der Waals surface area contributed by atoms with Gasteiger partial charge in [-0.1, -0.05) is 16.9 Å². The summed E-state index contributed by atoms with van der Waals surface area (Å²) in [5.74, 6) is -3.76. The summed E-state index contributed by atoms with van der Waals surface area (Å²) in [7, 11) is 0. The Morgan fingerprint density at radius 1 is 1.48 bits per heavy atom. The molecule has 31 heavy (non-hydrogen) atoms. The third kappa shape index (κ3) is 5.77. The predicted octanol–water partition coefficient (Wildman–Crippen LogP) is 1.23. The lowest BCUT2D eigenvalue weighted by atomic mass is 9.74. The number of oxime groups is 1. The lowest BCUT2D eigenvalue weighted by molar-refractivity contribution is -0.269. The Hall–Kier alpha value is -2.58. The molecule has 0 bridgehead atoms. The minimum Gasteiger partial charge on any atom is -0.479 e. The fraction of sp³-hybridized carbons (Fsp3) is 0.529. The van der Waals surface area contributed by atoms with Crippen LogP contribution < -0.4 is 5.73 Å². The number of amides is 1. The highest BCUT2D eigenvalue weighted by molar-refractivity contribution is 8.00. The van der Waals surface area contributed by atoms with E-state index in [9.17, 15) is 23.6 Å². The second-order valence-corrected chi connectivity index (χ2v) is 8.84. The van der Waals surface area contributed by atoms with Gasteiger partial charge in [0.25, 0.3) is 5.91 Å². The second-order valence-electron chi connectivity index (χ2n) is 6.97. The van der Waals surface area contributed by atoms with E-state index in [0.717, 1.165) is 16.4 Å². The van der Waals surface area contributed by atoms with Crippen molar-refractivity contribution in [3.05, 3.63) is 11.1 Å². The van der Waals surface area contributed by atoms with Gasteiger partial charge >= 0.3 is 5.97 Å². The molecule has 3 N–H and O–H groups in total. The number of carboxylic acids is 1. The number of thioether (sulfide) groups is 1. The molecule has 0 aromatic carbocycles. The Bertz CT molecular complexity index is 905. The number of hydrogen-bond donors (Lipinski definition) is 2. The van der Waals surface area contributed by atoms with Crippen LogP contribution >= 0.6 is 23.1 Å². The van der Waals surface area contributed by atoms with Crippen LogP contribution in [0, 0.1) is 5.92 Å². The minimum atomic E-state index is -1.29. The SMILES string of the molecule is CC(=O)C(ON1C(=O)[C@@H](CC(=O)/C(=N\OCC(=O)O)c2csc(N)n2)C1(C)C)SCF. The van der Waals surface area contributed by atoms with Crippen molar-refractivity contribution in [3.8, 4) is 0 Å². The molecule has 0 aliphatic carbocycles. The first kappa shape index (κ1) is 24.7. The summed E-state index contributed by atoms with van der Waals surface area (Å²) in [5.41, 5.74) is 3.23. The highest BCUT2D eigenvalue weighted by Crippen LogP contribution is 2.41. The zero-order valence-electron chi connectivity index (χ0n) is 16.9. The third-order valence-electron chi connectivity index (χ3n) is 4.38. The maximum atomic E-state index is 12.9. The van der Waals surface area contributed by atoms with E-state index in [-0.39, 0.29) is 23.0 Å². The van der Waals surface area contributed by atoms with Crippen molar-refractivity contribution in [2.75, 3.05) is 18.3 Å². The van der Waals surface area contributed by atoms with Gasteiger partial charge in [0.05, 0.1) is 11.5 Å². The van der Waals surface area contributed by atoms with E-state index in [1.54, 1.807) is 13.8 Å². The molecule has 1 saturated heterocycles. The smallest absolute Gasteiger partial charge is 0.344 e. The van der Waals surface area contributed by atoms with Gasteiger partial charge in [0, 0.05) is 11.8 Å². The van der Waals surface area contributed by atoms with E-state index in [1.165, 1.54) is 12.3 Å². The lowest BCUT2D eigenvalue weighted by Gasteiger charge is -2.52. The van der Waals surface area contributed by atoms with E-state index in [4.69, 9.17) is 15.7 Å². The zero-order chi connectivity index (χ0) is 23.3. The van der Waals surface area contributed by atoms with Crippen LogP contribution in [0.15, 0.2) is 10.5 Å². The average molecular weight is 477 g/mol. The summed E-state index contributed by atoms with van der Waals surface area (Å²) in [6.07, 6.45) is -0.306. The van der Waals surface area contributed by atoms with Gasteiger partial charge in [-0.2, -0.15) is 0 Å². The van der Waals surface area contributed by atoms with Gasteiger partial charge in [0.2, 0.25) is 6.61 Å². The van der Waals surface area contributed by atoms with Crippen LogP contribution in [0.25, 0.3) is 0 Å². The monoisotopic (exact) mass is 476 g/mol. The molecule has 1 aliphatic heterocycles. The number of nitrogens with zero attached hydrogens (tertiary/aromatic N) is 3. The number of aliphatic carboxylic acids is 1. The summed E-state index contributed by atoms with van der Waals surface area (Å²) in [6, 6.07) is -0.873. The Morgan fingerprint density at radius 2 is 2.16 bits per heavy atom. The van der Waals surface area contributed by atoms with Crippen LogP contribution in [0.1, 0.15) is 32.9 Å². The fourth-order valence-corrected chi connectivity index (χ4v) is 3.82. The Balaban J connectivity index is 2.15. The van der Waals surface area contributed by atoms with Crippen molar-refractivity contribution in [1.29, 1.82) is 0 Å². The number of hydroxylamine groups is 2. The molecule has 0 spiro atoms. The number of thiazole rings is 1. The number of β-lactam (4-membered cyclic amide) rings is 1. The van der Waals surface area contributed by atoms with E-state index in [1.807, 2.05) is 0 Å². The van der Waals surface area contributed by atoms with Crippen molar-refractivity contribution in [2.24, 2.45) is 11.1 Å². The quantitative estimate of drug-likeness (QED) is 0.194. The molecule has 11 nitrogen and oxygen atoms in total. The average Bonchev–Trinajstić information content (AvgIpc) is 3.11. The van der Waals surface area contributed by atoms with Crippen LogP contribution in [0.5, 0.6) is 0 Å². The highest BCUT2D eigenvalue weighted by Gasteiger charge is 2.57. The van der Waals surface area contributed by atoms with Gasteiger partial charge in [-0.25, -0.2) is 24.1 Å². The maximum Gasteiger partial charge on any atom is 0.344 e. The maximum absolute atomic E-state index is 12.9. The molecule has 1 unspecified atom stereocenters. The molecule has 2 heterocycles. The molecule has 0 radical (unpaired) electrons. The highest BCUT2D eigenvalue weighted by atomic mass is 32.2. The third-order valence-corrected chi connectivity index (χ3v) is 5.90. The molecule has 1 aliphatic rings. The number of nitrogens with two attached hydrogens (primary N) is 1. The number of carboxylic acid groups (broad SMARTS) is 1. The summed E-state index contributed by atoms with van der Waals surface area (Å²) in [4.78, 5) is 61.7. The number of Topliss-reactive ketones (excluding diaryl/α,β-unsaturated/α-hetero) is 2. The zero-order valence-corrected chi connectivity index (χ0v) is 18.5. The summed E-state index contributed by atoms with van der Waals surface area (Å²) in [6.45, 7) is 3.69. The van der Waals surface area contributed by atoms with Crippen molar-refractivity contribution >= 4 is 57.4 Å². The number of hydrogen-bond acceptors (Lipinski definition) is 11. The summed E-state index contributed by atoms with van der Waals surface area (Å²) in [5, 5.41) is 14.8. The van der Waals surface area contributed by atoms with E-state index in [0.29, 0.717) is 11.8 Å². The molecule has 1 aromatic rings. The molecule has 170 valence electrons. The number of ketones is 2. The van der Waals surface area contributed by atoms with Crippen LogP contribution in [0.2, 0.25) is 0 Å². The largest absolute Gasteiger partial charge is 0.479 e. The summed E-state index contributed by atoms with van der Waals surface area (Å²) < 4.78 is 12.6. The number of halogens is 1. The molecule has 14 heteroatoms. The number of alkyl halides is 1. The molecule has 0 saturated carbocycles. The van der Waals surface area contributed by atoms with Crippen molar-refractivity contribution in [1.82, 2.24) is 10.0 Å². The molecule has 1 aromatic heterocycles. The minimum absolute atomic E-state index is 0.0894. The van der Waals surface area contributed by atoms with Gasteiger partial charge in [0.1, 0.15) is 11.7 Å². The summed E-state index contributed by atoms with van der Waals surface area (Å²) >= 11 is 1.64. The Labute approximate surface area is 184 Å². The van der Waals surface area contributed by atoms with Crippen molar-refractivity contribution in [2.45, 2.75) is 38.2 Å². The predicted molar refractivity (Wildman–Crippen MR) is 110 cm³/mol. The molecular formula is C17H21FN4O7S2. The number of carbonyl (C=O) groups excluding carboxylic acids is 3. The first-order chi connectivity index (χ1) is 14.5. The first-order valence-electron chi connectivity index (χ1n) is 8.84. The van der Waals surface area contributed by atoms with E-state index in [2.05, 4.69) is 15.0 Å². The molecule has 2 rings (SSSR count). The van der Waals surface area contributed by atoms with E-state index >= 15 is 0 Å². The van der Waals surface area contributed by atoms with Crippen molar-refractivity contribution < 1.29 is 38.4 Å². The van der Waals surface area contributed by atoms with Crippen LogP contribution in [-0.4, -0.2) is 67.9 Å². The van der Waals surface area contributed by atoms with Gasteiger partial charge in [-0.3, -0.25) is 14.4 Å². The number of anilines is 1. The van der Waals surface area contributed by atoms with Crippen LogP contribution in [0.3, 0.4) is 0 Å². The van der Waals surface area contributed by atoms with Gasteiger partial charge in [0.15, 0.2) is 27.8 Å². The van der Waals surface area contributed by atoms with E-state index < -0.39 is 52.9 Å². The Morgan fingerprint density at radius 3 is 2.65 bits per heavy atom. The number of carbonyl (C=O) groups is 4. The molecule has 1 amide bonds. The van der Waals surface area contributed by atoms with Gasteiger partial charge in [-0.15, -0.1) is 11.3 Å². The molecule has 2 atom stereocenters. The van der Waals surface area contributed by atoms with Gasteiger partial charge < -0.3 is 15.7 Å². The lowest BCUT2D eigenvalue weighted by Crippen LogP contribution is -2.68. The van der Waals surface area contributed by atoms with Gasteiger partial charge in [-0.05, 0) is 20.8 Å².